The van der Waals surface area contributed by atoms with Crippen LogP contribution in [0.3, 0.4) is 0 Å². The highest BCUT2D eigenvalue weighted by atomic mass is 32.2. The van der Waals surface area contributed by atoms with Crippen LogP contribution >= 0.6 is 11.3 Å². The molecule has 2 aromatic heterocycles. The van der Waals surface area contributed by atoms with Crippen molar-refractivity contribution in [2.45, 2.75) is 43.0 Å². The van der Waals surface area contributed by atoms with E-state index in [9.17, 15) is 8.42 Å². The number of aromatic nitrogens is 2. The van der Waals surface area contributed by atoms with Crippen LogP contribution < -0.4 is 9.46 Å². The smallest absolute Gasteiger partial charge is 0.243 e. The van der Waals surface area contributed by atoms with Crippen LogP contribution in [0.4, 0.5) is 0 Å². The van der Waals surface area contributed by atoms with Crippen LogP contribution in [0.1, 0.15) is 37.6 Å². The number of nitrogens with one attached hydrogen (secondary N) is 1. The first-order valence-corrected chi connectivity index (χ1v) is 9.95. The fourth-order valence-corrected chi connectivity index (χ4v) is 5.16. The molecule has 0 amide bonds. The first-order valence-electron chi connectivity index (χ1n) is 7.58. The zero-order valence-electron chi connectivity index (χ0n) is 12.9. The third-order valence-corrected chi connectivity index (χ3v) is 6.44. The van der Waals surface area contributed by atoms with E-state index in [1.54, 1.807) is 12.3 Å². The Hall–Kier alpha value is -1.51. The van der Waals surface area contributed by atoms with Gasteiger partial charge in [0.15, 0.2) is 0 Å². The molecule has 0 aliphatic heterocycles. The molecule has 1 fully saturated rings. The van der Waals surface area contributed by atoms with E-state index in [4.69, 9.17) is 4.74 Å². The Morgan fingerprint density at radius 2 is 2.09 bits per heavy atom. The predicted molar refractivity (Wildman–Crippen MR) is 88.0 cm³/mol. The summed E-state index contributed by atoms with van der Waals surface area (Å²) in [4.78, 5) is 8.53. The first kappa shape index (κ1) is 16.4. The summed E-state index contributed by atoms with van der Waals surface area (Å²) < 4.78 is 33.6. The summed E-state index contributed by atoms with van der Waals surface area (Å²) in [5.74, 6) is 0.418. The molecule has 0 bridgehead atoms. The van der Waals surface area contributed by atoms with Gasteiger partial charge in [-0.3, -0.25) is 0 Å². The van der Waals surface area contributed by atoms with Crippen LogP contribution in [0.2, 0.25) is 0 Å². The Kier molecular flexibility index (Phi) is 4.65. The second kappa shape index (κ2) is 6.54. The number of hydrogen-bond acceptors (Lipinski definition) is 6. The fraction of sp³-hybridized carbons (Fsp3) is 0.467. The molecule has 0 radical (unpaired) electrons. The number of ether oxygens (including phenoxy) is 1. The molecule has 0 aromatic carbocycles. The van der Waals surface area contributed by atoms with Crippen LogP contribution in [0.25, 0.3) is 0 Å². The van der Waals surface area contributed by atoms with Gasteiger partial charge in [-0.15, -0.1) is 11.3 Å². The van der Waals surface area contributed by atoms with E-state index < -0.39 is 15.6 Å². The second-order valence-electron chi connectivity index (χ2n) is 5.50. The fourth-order valence-electron chi connectivity index (χ4n) is 2.87. The third-order valence-electron chi connectivity index (χ3n) is 3.94. The minimum Gasteiger partial charge on any atom is -0.478 e. The van der Waals surface area contributed by atoms with Gasteiger partial charge in [0.2, 0.25) is 15.9 Å². The van der Waals surface area contributed by atoms with Gasteiger partial charge in [0.25, 0.3) is 0 Å². The van der Waals surface area contributed by atoms with Gasteiger partial charge in [0.05, 0.1) is 18.3 Å². The molecular weight excluding hydrogens is 334 g/mol. The highest BCUT2D eigenvalue weighted by Crippen LogP contribution is 2.40. The summed E-state index contributed by atoms with van der Waals surface area (Å²) in [5, 5.41) is 2.71. The lowest BCUT2D eigenvalue weighted by Gasteiger charge is -2.27. The van der Waals surface area contributed by atoms with Crippen molar-refractivity contribution in [1.82, 2.24) is 14.7 Å². The van der Waals surface area contributed by atoms with E-state index in [0.29, 0.717) is 12.5 Å². The van der Waals surface area contributed by atoms with Gasteiger partial charge in [-0.05, 0) is 25.8 Å². The topological polar surface area (TPSA) is 81.2 Å². The Balaban J connectivity index is 1.87. The molecular formula is C15H19N3O3S2. The van der Waals surface area contributed by atoms with E-state index in [0.717, 1.165) is 30.7 Å². The van der Waals surface area contributed by atoms with Crippen molar-refractivity contribution in [3.05, 3.63) is 34.9 Å². The molecule has 0 unspecified atom stereocenters. The lowest BCUT2D eigenvalue weighted by molar-refractivity contribution is 0.326. The molecule has 1 aliphatic carbocycles. The van der Waals surface area contributed by atoms with Gasteiger partial charge in [-0.1, -0.05) is 12.8 Å². The first-order chi connectivity index (χ1) is 11.1. The van der Waals surface area contributed by atoms with Crippen molar-refractivity contribution in [3.63, 3.8) is 0 Å². The standard InChI is InChI=1S/C15H19N3O3S2/c1-2-21-13-6-5-12(11-17-13)23(19,20)18-15(7-3-4-8-15)14-16-9-10-22-14/h5-6,9-11,18H,2-4,7-8H2,1H3. The summed E-state index contributed by atoms with van der Waals surface area (Å²) >= 11 is 1.49. The third kappa shape index (κ3) is 3.39. The molecule has 23 heavy (non-hydrogen) atoms. The predicted octanol–water partition coefficient (Wildman–Crippen LogP) is 2.68. The summed E-state index contributed by atoms with van der Waals surface area (Å²) in [6, 6.07) is 3.09. The maximum Gasteiger partial charge on any atom is 0.243 e. The van der Waals surface area contributed by atoms with Crippen molar-refractivity contribution < 1.29 is 13.2 Å². The molecule has 0 saturated heterocycles. The van der Waals surface area contributed by atoms with Gasteiger partial charge < -0.3 is 4.74 Å². The van der Waals surface area contributed by atoms with E-state index in [-0.39, 0.29) is 4.90 Å². The minimum atomic E-state index is -3.66. The van der Waals surface area contributed by atoms with Crippen LogP contribution in [-0.2, 0) is 15.6 Å². The van der Waals surface area contributed by atoms with Gasteiger partial charge in [0.1, 0.15) is 9.90 Å². The molecule has 1 saturated carbocycles. The molecule has 0 atom stereocenters. The monoisotopic (exact) mass is 353 g/mol. The van der Waals surface area contributed by atoms with E-state index in [1.807, 2.05) is 12.3 Å². The molecule has 0 spiro atoms. The van der Waals surface area contributed by atoms with Crippen molar-refractivity contribution >= 4 is 21.4 Å². The maximum absolute atomic E-state index is 12.7. The summed E-state index contributed by atoms with van der Waals surface area (Å²) in [6.45, 7) is 2.34. The van der Waals surface area contributed by atoms with Gasteiger partial charge in [-0.2, -0.15) is 4.72 Å². The zero-order valence-corrected chi connectivity index (χ0v) is 14.5. The Bertz CT molecular complexity index is 737. The van der Waals surface area contributed by atoms with E-state index in [1.165, 1.54) is 23.6 Å². The summed E-state index contributed by atoms with van der Waals surface area (Å²) in [7, 11) is -3.66. The number of hydrogen-bond donors (Lipinski definition) is 1. The molecule has 6 nitrogen and oxygen atoms in total. The Morgan fingerprint density at radius 1 is 1.30 bits per heavy atom. The molecule has 1 aliphatic rings. The average molecular weight is 353 g/mol. The van der Waals surface area contributed by atoms with Crippen molar-refractivity contribution in [3.8, 4) is 5.88 Å². The summed E-state index contributed by atoms with van der Waals surface area (Å²) in [5.41, 5.74) is -0.592. The largest absolute Gasteiger partial charge is 0.478 e. The van der Waals surface area contributed by atoms with Crippen molar-refractivity contribution in [2.24, 2.45) is 0 Å². The average Bonchev–Trinajstić information content (AvgIpc) is 3.19. The minimum absolute atomic E-state index is 0.142. The molecule has 2 aromatic rings. The van der Waals surface area contributed by atoms with Crippen LogP contribution in [0.15, 0.2) is 34.8 Å². The maximum atomic E-state index is 12.7. The van der Waals surface area contributed by atoms with Crippen LogP contribution in [0.5, 0.6) is 5.88 Å². The number of sulfonamides is 1. The zero-order chi connectivity index (χ0) is 16.3. The lowest BCUT2D eigenvalue weighted by Crippen LogP contribution is -2.43. The summed E-state index contributed by atoms with van der Waals surface area (Å²) in [6.07, 6.45) is 6.56. The number of pyridine rings is 1. The number of rotatable bonds is 6. The number of nitrogens with zero attached hydrogens (tertiary/aromatic N) is 2. The van der Waals surface area contributed by atoms with E-state index in [2.05, 4.69) is 14.7 Å². The normalized spacial score (nSPS) is 17.3. The SMILES string of the molecule is CCOc1ccc(S(=O)(=O)NC2(c3nccs3)CCCC2)cn1. The molecule has 8 heteroatoms. The highest BCUT2D eigenvalue weighted by Gasteiger charge is 2.41. The lowest BCUT2D eigenvalue weighted by atomic mass is 10.0. The van der Waals surface area contributed by atoms with Gasteiger partial charge >= 0.3 is 0 Å². The molecule has 1 N–H and O–H groups in total. The highest BCUT2D eigenvalue weighted by molar-refractivity contribution is 7.89. The van der Waals surface area contributed by atoms with Crippen LogP contribution in [-0.4, -0.2) is 25.0 Å². The van der Waals surface area contributed by atoms with E-state index >= 15 is 0 Å². The van der Waals surface area contributed by atoms with Gasteiger partial charge in [0, 0.05) is 17.6 Å². The van der Waals surface area contributed by atoms with Gasteiger partial charge in [-0.25, -0.2) is 18.4 Å². The quantitative estimate of drug-likeness (QED) is 0.863. The Morgan fingerprint density at radius 3 is 2.65 bits per heavy atom. The Labute approximate surface area is 140 Å². The molecule has 3 rings (SSSR count). The van der Waals surface area contributed by atoms with Crippen molar-refractivity contribution in [2.75, 3.05) is 6.61 Å². The second-order valence-corrected chi connectivity index (χ2v) is 8.07. The molecule has 2 heterocycles. The number of thiazole rings is 1. The van der Waals surface area contributed by atoms with Crippen molar-refractivity contribution in [1.29, 1.82) is 0 Å². The molecule has 124 valence electrons. The van der Waals surface area contributed by atoms with Crippen LogP contribution in [0, 0.1) is 0 Å².